The summed E-state index contributed by atoms with van der Waals surface area (Å²) in [5.41, 5.74) is 9.94. The van der Waals surface area contributed by atoms with Crippen molar-refractivity contribution >= 4 is 28.6 Å². The molecule has 4 N–H and O–H groups in total. The Morgan fingerprint density at radius 1 is 1.08 bits per heavy atom. The largest absolute Gasteiger partial charge is 0.542 e. The fourth-order valence-corrected chi connectivity index (χ4v) is 3.74. The molecule has 4 aromatic rings. The number of hydrogen-bond acceptors (Lipinski definition) is 4. The van der Waals surface area contributed by atoms with Crippen LogP contribution < -0.4 is 20.7 Å². The summed E-state index contributed by atoms with van der Waals surface area (Å²) in [6, 6.07) is 21.4. The van der Waals surface area contributed by atoms with E-state index in [0.717, 1.165) is 22.0 Å². The number of carboxylic acid groups (broad SMARTS) is 1. The average Bonchev–Trinajstić information content (AvgIpc) is 3.23. The fraction of sp³-hybridized carbons (Fsp3) is 0.185. The first-order valence-electron chi connectivity index (χ1n) is 11.4. The summed E-state index contributed by atoms with van der Waals surface area (Å²) in [5, 5.41) is 20.6. The van der Waals surface area contributed by atoms with Crippen molar-refractivity contribution in [3.05, 3.63) is 102 Å². The highest BCUT2D eigenvalue weighted by molar-refractivity contribution is 5.99. The van der Waals surface area contributed by atoms with Crippen molar-refractivity contribution in [1.29, 1.82) is 5.41 Å². The summed E-state index contributed by atoms with van der Waals surface area (Å²) in [5.74, 6) is -3.10. The molecule has 0 spiro atoms. The van der Waals surface area contributed by atoms with Crippen LogP contribution in [-0.2, 0) is 18.4 Å². The molecule has 0 aliphatic heterocycles. The Labute approximate surface area is 216 Å². The van der Waals surface area contributed by atoms with Gasteiger partial charge >= 0.3 is 6.18 Å². The highest BCUT2D eigenvalue weighted by atomic mass is 19.4. The monoisotopic (exact) mass is 525 g/mol. The molecule has 2 heterocycles. The standard InChI is InChI=1S/C25H25N5O.C2HF3O2/c1-17(19-10-12-29(2)13-11-19)28-25(31)23-15-20-7-3-4-9-22(20)30(23)16-18-6-5-8-21(14-18)24(26)27;3-2(4,5)1(6)7/h3-15,17H,16H2,1-2H3,(H3-,26,27,28,31);(H,6,7). The van der Waals surface area contributed by atoms with Gasteiger partial charge in [0.25, 0.3) is 5.91 Å². The molecular formula is C27H26F3N5O3. The lowest BCUT2D eigenvalue weighted by Gasteiger charge is -2.16. The molecule has 0 saturated carbocycles. The van der Waals surface area contributed by atoms with Crippen LogP contribution in [0, 0.1) is 5.41 Å². The zero-order valence-corrected chi connectivity index (χ0v) is 20.6. The van der Waals surface area contributed by atoms with Crippen LogP contribution in [0.5, 0.6) is 0 Å². The molecule has 8 nitrogen and oxygen atoms in total. The SMILES string of the molecule is CC(NC(=O)c1cc2ccccc2n1Cc1cccc(C(=N)N)c1)c1cc[n+](C)cc1.O=C([O-])C(F)(F)F. The maximum absolute atomic E-state index is 13.3. The maximum atomic E-state index is 13.3. The number of carbonyl (C=O) groups excluding carboxylic acids is 2. The number of alkyl halides is 3. The lowest BCUT2D eigenvalue weighted by molar-refractivity contribution is -0.671. The van der Waals surface area contributed by atoms with Gasteiger partial charge in [-0.3, -0.25) is 10.2 Å². The normalized spacial score (nSPS) is 11.8. The van der Waals surface area contributed by atoms with Crippen molar-refractivity contribution in [2.45, 2.75) is 25.7 Å². The van der Waals surface area contributed by atoms with Gasteiger partial charge in [0.2, 0.25) is 0 Å². The van der Waals surface area contributed by atoms with E-state index in [1.807, 2.05) is 102 Å². The molecule has 1 unspecified atom stereocenters. The molecule has 0 bridgehead atoms. The molecule has 1 atom stereocenters. The predicted octanol–water partition coefficient (Wildman–Crippen LogP) is 2.59. The van der Waals surface area contributed by atoms with Crippen LogP contribution in [0.4, 0.5) is 13.2 Å². The van der Waals surface area contributed by atoms with Gasteiger partial charge in [-0.25, -0.2) is 4.57 Å². The van der Waals surface area contributed by atoms with Gasteiger partial charge in [0.05, 0.1) is 6.04 Å². The van der Waals surface area contributed by atoms with Crippen LogP contribution in [0.2, 0.25) is 0 Å². The number of pyridine rings is 1. The van der Waals surface area contributed by atoms with Gasteiger partial charge in [-0.2, -0.15) is 13.2 Å². The second-order valence-electron chi connectivity index (χ2n) is 8.57. The minimum atomic E-state index is -5.19. The van der Waals surface area contributed by atoms with Crippen LogP contribution in [0.15, 0.2) is 79.1 Å². The first kappa shape index (κ1) is 27.9. The number of rotatable bonds is 6. The fourth-order valence-electron chi connectivity index (χ4n) is 3.74. The summed E-state index contributed by atoms with van der Waals surface area (Å²) in [4.78, 5) is 22.0. The number of para-hydroxylation sites is 1. The third kappa shape index (κ3) is 6.96. The second-order valence-corrected chi connectivity index (χ2v) is 8.57. The number of nitrogens with zero attached hydrogens (tertiary/aromatic N) is 2. The van der Waals surface area contributed by atoms with Crippen LogP contribution in [0.1, 0.15) is 40.1 Å². The van der Waals surface area contributed by atoms with Crippen molar-refractivity contribution in [2.24, 2.45) is 12.8 Å². The number of nitrogens with one attached hydrogen (secondary N) is 2. The third-order valence-corrected chi connectivity index (χ3v) is 5.71. The number of hydrogen-bond donors (Lipinski definition) is 3. The molecule has 4 rings (SSSR count). The van der Waals surface area contributed by atoms with E-state index in [1.54, 1.807) is 0 Å². The van der Waals surface area contributed by atoms with E-state index >= 15 is 0 Å². The quantitative estimate of drug-likeness (QED) is 0.203. The van der Waals surface area contributed by atoms with Gasteiger partial charge in [-0.05, 0) is 36.2 Å². The molecule has 0 saturated heterocycles. The number of amidine groups is 1. The summed E-state index contributed by atoms with van der Waals surface area (Å²) >= 11 is 0. The maximum Gasteiger partial charge on any atom is 0.430 e. The van der Waals surface area contributed by atoms with Crippen LogP contribution in [0.25, 0.3) is 10.9 Å². The van der Waals surface area contributed by atoms with Crippen molar-refractivity contribution in [3.8, 4) is 0 Å². The second kappa shape index (κ2) is 11.6. The smallest absolute Gasteiger partial charge is 0.430 e. The van der Waals surface area contributed by atoms with Crippen molar-refractivity contribution in [3.63, 3.8) is 0 Å². The van der Waals surface area contributed by atoms with Gasteiger partial charge in [-0.1, -0.05) is 36.4 Å². The van der Waals surface area contributed by atoms with Crippen molar-refractivity contribution < 1.29 is 32.4 Å². The number of aliphatic carboxylic acids is 1. The first-order valence-corrected chi connectivity index (χ1v) is 11.4. The summed E-state index contributed by atoms with van der Waals surface area (Å²) in [6.07, 6.45) is -1.26. The number of aromatic nitrogens is 2. The minimum absolute atomic E-state index is 0.0299. The Bertz CT molecular complexity index is 1460. The van der Waals surface area contributed by atoms with Gasteiger partial charge in [0.1, 0.15) is 24.5 Å². The van der Waals surface area contributed by atoms with E-state index in [0.29, 0.717) is 17.8 Å². The number of amides is 1. The topological polar surface area (TPSA) is 128 Å². The zero-order valence-electron chi connectivity index (χ0n) is 20.6. The van der Waals surface area contributed by atoms with Crippen LogP contribution in [-0.4, -0.2) is 28.5 Å². The number of carboxylic acids is 1. The molecule has 0 aliphatic rings. The molecule has 2 aromatic heterocycles. The average molecular weight is 526 g/mol. The number of fused-ring (bicyclic) bond motifs is 1. The molecule has 2 aromatic carbocycles. The Morgan fingerprint density at radius 2 is 1.71 bits per heavy atom. The number of aryl methyl sites for hydroxylation is 1. The predicted molar refractivity (Wildman–Crippen MR) is 133 cm³/mol. The summed E-state index contributed by atoms with van der Waals surface area (Å²) in [6.45, 7) is 2.49. The summed E-state index contributed by atoms with van der Waals surface area (Å²) in [7, 11) is 1.96. The van der Waals surface area contributed by atoms with E-state index < -0.39 is 12.1 Å². The van der Waals surface area contributed by atoms with Gasteiger partial charge in [0, 0.05) is 35.1 Å². The van der Waals surface area contributed by atoms with E-state index in [9.17, 15) is 18.0 Å². The van der Waals surface area contributed by atoms with Gasteiger partial charge < -0.3 is 25.5 Å². The Hall–Kier alpha value is -4.67. The number of nitrogens with two attached hydrogens (primary N) is 1. The van der Waals surface area contributed by atoms with Gasteiger partial charge in [-0.15, -0.1) is 0 Å². The molecule has 1 amide bonds. The molecule has 0 fully saturated rings. The molecule has 0 aliphatic carbocycles. The van der Waals surface area contributed by atoms with Crippen LogP contribution in [0.3, 0.4) is 0 Å². The van der Waals surface area contributed by atoms with Crippen molar-refractivity contribution in [1.82, 2.24) is 9.88 Å². The highest BCUT2D eigenvalue weighted by Gasteiger charge is 2.28. The Morgan fingerprint density at radius 3 is 2.32 bits per heavy atom. The molecule has 198 valence electrons. The lowest BCUT2D eigenvalue weighted by atomic mass is 10.1. The van der Waals surface area contributed by atoms with E-state index in [-0.39, 0.29) is 17.8 Å². The summed E-state index contributed by atoms with van der Waals surface area (Å²) < 4.78 is 35.5. The molecule has 0 radical (unpaired) electrons. The third-order valence-electron chi connectivity index (χ3n) is 5.71. The number of halogens is 3. The zero-order chi connectivity index (χ0) is 28.0. The van der Waals surface area contributed by atoms with Crippen molar-refractivity contribution in [2.75, 3.05) is 0 Å². The molecule has 11 heteroatoms. The van der Waals surface area contributed by atoms with E-state index in [1.165, 1.54) is 0 Å². The van der Waals surface area contributed by atoms with Gasteiger partial charge in [0.15, 0.2) is 12.4 Å². The number of nitrogen functional groups attached to an aromatic ring is 1. The molecular weight excluding hydrogens is 499 g/mol. The minimum Gasteiger partial charge on any atom is -0.542 e. The Balaban J connectivity index is 0.000000505. The Kier molecular flexibility index (Phi) is 8.51. The molecule has 38 heavy (non-hydrogen) atoms. The van der Waals surface area contributed by atoms with Crippen LogP contribution >= 0.6 is 0 Å². The number of carbonyl (C=O) groups is 2. The van der Waals surface area contributed by atoms with E-state index in [2.05, 4.69) is 5.32 Å². The van der Waals surface area contributed by atoms with E-state index in [4.69, 9.17) is 21.0 Å². The first-order chi connectivity index (χ1) is 17.9. The highest BCUT2D eigenvalue weighted by Crippen LogP contribution is 2.23. The lowest BCUT2D eigenvalue weighted by Crippen LogP contribution is -2.37. The number of benzene rings is 2.